The summed E-state index contributed by atoms with van der Waals surface area (Å²) in [7, 11) is 0. The third-order valence-electron chi connectivity index (χ3n) is 5.06. The maximum Gasteiger partial charge on any atom is 0.231 e. The van der Waals surface area contributed by atoms with Gasteiger partial charge in [-0.15, -0.1) is 0 Å². The lowest BCUT2D eigenvalue weighted by atomic mass is 9.75. The molecular weight excluding hydrogens is 320 g/mol. The predicted octanol–water partition coefficient (Wildman–Crippen LogP) is 3.68. The van der Waals surface area contributed by atoms with Gasteiger partial charge in [-0.1, -0.05) is 25.1 Å². The molecule has 2 aliphatic heterocycles. The average molecular weight is 342 g/mol. The van der Waals surface area contributed by atoms with Crippen LogP contribution in [0.3, 0.4) is 0 Å². The van der Waals surface area contributed by atoms with Crippen molar-refractivity contribution in [3.8, 4) is 23.0 Å². The van der Waals surface area contributed by atoms with Crippen molar-refractivity contribution >= 4 is 0 Å². The van der Waals surface area contributed by atoms with Gasteiger partial charge in [0, 0.05) is 36.0 Å². The third kappa shape index (κ3) is 2.59. The van der Waals surface area contributed by atoms with Crippen LogP contribution in [-0.2, 0) is 0 Å². The van der Waals surface area contributed by atoms with Crippen molar-refractivity contribution in [2.24, 2.45) is 5.92 Å². The van der Waals surface area contributed by atoms with Crippen LogP contribution in [0.4, 0.5) is 0 Å². The second-order valence-electron chi connectivity index (χ2n) is 6.64. The molecule has 1 N–H and O–H groups in total. The molecule has 0 unspecified atom stereocenters. The van der Waals surface area contributed by atoms with E-state index in [9.17, 15) is 5.11 Å². The lowest BCUT2D eigenvalue weighted by molar-refractivity contribution is -0.171. The Bertz CT molecular complexity index is 799. The fourth-order valence-electron chi connectivity index (χ4n) is 3.63. The maximum atomic E-state index is 10.9. The van der Waals surface area contributed by atoms with Gasteiger partial charge in [0.05, 0.1) is 6.61 Å². The van der Waals surface area contributed by atoms with Crippen LogP contribution < -0.4 is 18.9 Å². The van der Waals surface area contributed by atoms with Crippen LogP contribution in [0.5, 0.6) is 23.0 Å². The van der Waals surface area contributed by atoms with Crippen LogP contribution in [-0.4, -0.2) is 24.3 Å². The monoisotopic (exact) mass is 342 g/mol. The van der Waals surface area contributed by atoms with Crippen molar-refractivity contribution in [2.75, 3.05) is 13.4 Å². The number of para-hydroxylation sites is 1. The number of hydrogen-bond acceptors (Lipinski definition) is 5. The Hall–Kier alpha value is -2.40. The molecular formula is C20H22O5. The molecule has 0 saturated carbocycles. The summed E-state index contributed by atoms with van der Waals surface area (Å²) in [5.41, 5.74) is 2.00. The van der Waals surface area contributed by atoms with E-state index in [2.05, 4.69) is 0 Å². The number of ether oxygens (including phenoxy) is 4. The Labute approximate surface area is 147 Å². The minimum Gasteiger partial charge on any atom is -0.494 e. The van der Waals surface area contributed by atoms with Gasteiger partial charge in [-0.3, -0.25) is 0 Å². The van der Waals surface area contributed by atoms with Gasteiger partial charge in [-0.2, -0.15) is 0 Å². The summed E-state index contributed by atoms with van der Waals surface area (Å²) < 4.78 is 22.7. The first-order valence-electron chi connectivity index (χ1n) is 8.58. The van der Waals surface area contributed by atoms with E-state index in [1.807, 2.05) is 44.2 Å². The topological polar surface area (TPSA) is 57.2 Å². The highest BCUT2D eigenvalue weighted by Crippen LogP contribution is 2.52. The maximum absolute atomic E-state index is 10.9. The van der Waals surface area contributed by atoms with Gasteiger partial charge >= 0.3 is 0 Å². The highest BCUT2D eigenvalue weighted by Gasteiger charge is 2.45. The first-order chi connectivity index (χ1) is 12.0. The number of rotatable bonds is 3. The van der Waals surface area contributed by atoms with Gasteiger partial charge in [0.25, 0.3) is 0 Å². The molecule has 0 amide bonds. The Morgan fingerprint density at radius 1 is 1.12 bits per heavy atom. The van der Waals surface area contributed by atoms with Gasteiger partial charge in [0.2, 0.25) is 12.6 Å². The molecule has 0 radical (unpaired) electrons. The van der Waals surface area contributed by atoms with Crippen molar-refractivity contribution in [3.05, 3.63) is 47.5 Å². The number of benzene rings is 2. The molecule has 0 aromatic heterocycles. The van der Waals surface area contributed by atoms with E-state index in [0.29, 0.717) is 23.9 Å². The van der Waals surface area contributed by atoms with Crippen molar-refractivity contribution in [3.63, 3.8) is 0 Å². The average Bonchev–Trinajstić information content (AvgIpc) is 3.03. The van der Waals surface area contributed by atoms with Crippen molar-refractivity contribution in [1.29, 1.82) is 0 Å². The summed E-state index contributed by atoms with van der Waals surface area (Å²) in [5, 5.41) is 10.9. The summed E-state index contributed by atoms with van der Waals surface area (Å²) in [6, 6.07) is 11.7. The van der Waals surface area contributed by atoms with Gasteiger partial charge < -0.3 is 24.1 Å². The standard InChI is InChI=1S/C20H22O5/c1-4-22-15-8-6-5-7-13(15)19-12(2)20(3,21)25-16-10-18-17(9-14(16)19)23-11-24-18/h5-10,12,19,21H,4,11H2,1-3H3/t12-,19-,20-/m1/s1. The summed E-state index contributed by atoms with van der Waals surface area (Å²) in [4.78, 5) is 0. The molecule has 2 aromatic carbocycles. The molecule has 0 saturated heterocycles. The van der Waals surface area contributed by atoms with E-state index in [1.54, 1.807) is 13.0 Å². The fourth-order valence-corrected chi connectivity index (χ4v) is 3.63. The normalized spacial score (nSPS) is 26.7. The highest BCUT2D eigenvalue weighted by molar-refractivity contribution is 5.57. The lowest BCUT2D eigenvalue weighted by Gasteiger charge is -2.42. The Kier molecular flexibility index (Phi) is 3.76. The molecule has 4 rings (SSSR count). The van der Waals surface area contributed by atoms with Crippen LogP contribution in [0.2, 0.25) is 0 Å². The molecule has 25 heavy (non-hydrogen) atoms. The summed E-state index contributed by atoms with van der Waals surface area (Å²) in [6.07, 6.45) is 0. The molecule has 2 aromatic rings. The Balaban J connectivity index is 1.90. The van der Waals surface area contributed by atoms with Gasteiger partial charge in [0.15, 0.2) is 11.5 Å². The molecule has 0 aliphatic carbocycles. The molecule has 2 heterocycles. The second kappa shape index (κ2) is 5.85. The quantitative estimate of drug-likeness (QED) is 0.922. The van der Waals surface area contributed by atoms with Crippen molar-refractivity contribution in [1.82, 2.24) is 0 Å². The number of aliphatic hydroxyl groups is 1. The summed E-state index contributed by atoms with van der Waals surface area (Å²) in [6.45, 7) is 6.43. The minimum absolute atomic E-state index is 0.0870. The Morgan fingerprint density at radius 2 is 1.84 bits per heavy atom. The van der Waals surface area contributed by atoms with Crippen molar-refractivity contribution in [2.45, 2.75) is 32.5 Å². The van der Waals surface area contributed by atoms with Crippen LogP contribution in [0.15, 0.2) is 36.4 Å². The fraction of sp³-hybridized carbons (Fsp3) is 0.400. The molecule has 3 atom stereocenters. The number of fused-ring (bicyclic) bond motifs is 2. The molecule has 2 aliphatic rings. The molecule has 132 valence electrons. The summed E-state index contributed by atoms with van der Waals surface area (Å²) >= 11 is 0. The largest absolute Gasteiger partial charge is 0.494 e. The molecule has 0 bridgehead atoms. The zero-order valence-electron chi connectivity index (χ0n) is 14.6. The van der Waals surface area contributed by atoms with E-state index in [1.165, 1.54) is 0 Å². The van der Waals surface area contributed by atoms with Crippen molar-refractivity contribution < 1.29 is 24.1 Å². The second-order valence-corrected chi connectivity index (χ2v) is 6.64. The van der Waals surface area contributed by atoms with E-state index >= 15 is 0 Å². The van der Waals surface area contributed by atoms with Crippen LogP contribution in [0, 0.1) is 5.92 Å². The molecule has 5 nitrogen and oxygen atoms in total. The first kappa shape index (κ1) is 16.1. The molecule has 0 spiro atoms. The Morgan fingerprint density at radius 3 is 2.60 bits per heavy atom. The van der Waals surface area contributed by atoms with Gasteiger partial charge in [-0.05, 0) is 19.1 Å². The van der Waals surface area contributed by atoms with Crippen LogP contribution in [0.25, 0.3) is 0 Å². The smallest absolute Gasteiger partial charge is 0.231 e. The SMILES string of the molecule is CCOc1ccccc1[C@@H]1c2cc3c(cc2O[C@@](C)(O)[C@@H]1C)OCO3. The van der Waals surface area contributed by atoms with Crippen LogP contribution >= 0.6 is 0 Å². The first-order valence-corrected chi connectivity index (χ1v) is 8.58. The van der Waals surface area contributed by atoms with Gasteiger partial charge in [0.1, 0.15) is 11.5 Å². The predicted molar refractivity (Wildman–Crippen MR) is 92.4 cm³/mol. The van der Waals surface area contributed by atoms with E-state index < -0.39 is 5.79 Å². The van der Waals surface area contributed by atoms with E-state index in [-0.39, 0.29) is 18.6 Å². The zero-order chi connectivity index (χ0) is 17.6. The van der Waals surface area contributed by atoms with Gasteiger partial charge in [-0.25, -0.2) is 0 Å². The highest BCUT2D eigenvalue weighted by atomic mass is 16.7. The summed E-state index contributed by atoms with van der Waals surface area (Å²) in [5.74, 6) is 1.21. The molecule has 5 heteroatoms. The van der Waals surface area contributed by atoms with E-state index in [0.717, 1.165) is 16.9 Å². The molecule has 0 fully saturated rings. The lowest BCUT2D eigenvalue weighted by Crippen LogP contribution is -2.45. The minimum atomic E-state index is -1.30. The third-order valence-corrected chi connectivity index (χ3v) is 5.06. The zero-order valence-corrected chi connectivity index (χ0v) is 14.6. The van der Waals surface area contributed by atoms with Crippen LogP contribution in [0.1, 0.15) is 37.8 Å². The van der Waals surface area contributed by atoms with E-state index in [4.69, 9.17) is 18.9 Å². The number of hydrogen-bond donors (Lipinski definition) is 1.